The minimum atomic E-state index is 0.227. The van der Waals surface area contributed by atoms with Gasteiger partial charge in [-0.1, -0.05) is 26.0 Å². The minimum Gasteiger partial charge on any atom is -0.473 e. The first kappa shape index (κ1) is 14.0. The smallest absolute Gasteiger partial charge is 0.228 e. The Bertz CT molecular complexity index is 531. The highest BCUT2D eigenvalue weighted by Gasteiger charge is 2.09. The van der Waals surface area contributed by atoms with Crippen LogP contribution in [0.2, 0.25) is 0 Å². The summed E-state index contributed by atoms with van der Waals surface area (Å²) in [5, 5.41) is 0.876. The third-order valence-corrected chi connectivity index (χ3v) is 2.26. The lowest BCUT2D eigenvalue weighted by Gasteiger charge is -2.05. The maximum atomic E-state index is 5.62. The number of ether oxygens (including phenoxy) is 1. The van der Waals surface area contributed by atoms with E-state index < -0.39 is 0 Å². The van der Waals surface area contributed by atoms with Crippen molar-refractivity contribution in [1.29, 1.82) is 0 Å². The van der Waals surface area contributed by atoms with Gasteiger partial charge < -0.3 is 15.0 Å². The lowest BCUT2D eigenvalue weighted by atomic mass is 10.4. The zero-order valence-corrected chi connectivity index (χ0v) is 11.3. The van der Waals surface area contributed by atoms with E-state index in [0.29, 0.717) is 12.5 Å². The molecule has 0 aromatic carbocycles. The second kappa shape index (κ2) is 6.64. The van der Waals surface area contributed by atoms with E-state index in [2.05, 4.69) is 9.97 Å². The van der Waals surface area contributed by atoms with Crippen LogP contribution in [0.5, 0.6) is 5.88 Å². The maximum absolute atomic E-state index is 5.62. The molecule has 2 N–H and O–H groups in total. The van der Waals surface area contributed by atoms with Gasteiger partial charge in [0.05, 0.1) is 5.39 Å². The largest absolute Gasteiger partial charge is 0.473 e. The highest BCUT2D eigenvalue weighted by molar-refractivity contribution is 5.82. The van der Waals surface area contributed by atoms with Gasteiger partial charge in [0.25, 0.3) is 0 Å². The van der Waals surface area contributed by atoms with Crippen molar-refractivity contribution in [2.24, 2.45) is 7.05 Å². The molecule has 5 nitrogen and oxygen atoms in total. The Morgan fingerprint density at radius 2 is 2.11 bits per heavy atom. The molecule has 0 spiro atoms. The molecule has 0 aliphatic rings. The Kier molecular flexibility index (Phi) is 5.17. The van der Waals surface area contributed by atoms with Crippen LogP contribution in [-0.2, 0) is 7.05 Å². The average molecular weight is 248 g/mol. The number of hydrogen-bond donors (Lipinski definition) is 1. The third kappa shape index (κ3) is 3.00. The van der Waals surface area contributed by atoms with Gasteiger partial charge in [-0.05, 0) is 13.0 Å². The van der Waals surface area contributed by atoms with Gasteiger partial charge in [-0.25, -0.2) is 0 Å². The molecule has 2 aromatic rings. The van der Waals surface area contributed by atoms with Gasteiger partial charge in [0.15, 0.2) is 0 Å². The van der Waals surface area contributed by atoms with Crippen molar-refractivity contribution in [1.82, 2.24) is 14.5 Å². The standard InChI is InChI=1S/C11H14N4O.C2H6/c1-3-4-7-16-10-8-5-6-15(2)9(8)13-11(12)14-10;1-2/h3-6H,7H2,1-2H3,(H2,12,13,14);1-2H3/b4-3+;. The third-order valence-electron chi connectivity index (χ3n) is 2.26. The molecule has 0 radical (unpaired) electrons. The van der Waals surface area contributed by atoms with E-state index in [9.17, 15) is 0 Å². The van der Waals surface area contributed by atoms with E-state index in [4.69, 9.17) is 10.5 Å². The van der Waals surface area contributed by atoms with Crippen LogP contribution in [0.25, 0.3) is 11.0 Å². The van der Waals surface area contributed by atoms with Gasteiger partial charge in [0.1, 0.15) is 12.3 Å². The Balaban J connectivity index is 0.000000771. The van der Waals surface area contributed by atoms with Crippen molar-refractivity contribution in [3.8, 4) is 5.88 Å². The average Bonchev–Trinajstić information content (AvgIpc) is 2.74. The molecule has 0 atom stereocenters. The normalized spacial score (nSPS) is 10.4. The summed E-state index contributed by atoms with van der Waals surface area (Å²) >= 11 is 0. The number of anilines is 1. The molecular formula is C13H20N4O. The summed E-state index contributed by atoms with van der Waals surface area (Å²) in [6, 6.07) is 1.92. The van der Waals surface area contributed by atoms with Crippen LogP contribution in [0.4, 0.5) is 5.95 Å². The summed E-state index contributed by atoms with van der Waals surface area (Å²) in [5.41, 5.74) is 6.40. The second-order valence-electron chi connectivity index (χ2n) is 3.43. The number of aryl methyl sites for hydroxylation is 1. The number of allylic oxidation sites excluding steroid dienone is 1. The zero-order valence-electron chi connectivity index (χ0n) is 11.3. The Morgan fingerprint density at radius 1 is 1.39 bits per heavy atom. The predicted molar refractivity (Wildman–Crippen MR) is 74.6 cm³/mol. The monoisotopic (exact) mass is 248 g/mol. The van der Waals surface area contributed by atoms with E-state index >= 15 is 0 Å². The van der Waals surface area contributed by atoms with Crippen molar-refractivity contribution in [2.45, 2.75) is 20.8 Å². The summed E-state index contributed by atoms with van der Waals surface area (Å²) in [7, 11) is 1.91. The molecule has 98 valence electrons. The van der Waals surface area contributed by atoms with Crippen LogP contribution in [-0.4, -0.2) is 21.1 Å². The topological polar surface area (TPSA) is 66.0 Å². The first-order valence-electron chi connectivity index (χ1n) is 6.05. The van der Waals surface area contributed by atoms with E-state index in [-0.39, 0.29) is 5.95 Å². The van der Waals surface area contributed by atoms with E-state index in [1.54, 1.807) is 0 Å². The summed E-state index contributed by atoms with van der Waals surface area (Å²) in [4.78, 5) is 8.24. The number of nitrogens with zero attached hydrogens (tertiary/aromatic N) is 3. The number of rotatable bonds is 3. The zero-order chi connectivity index (χ0) is 13.5. The van der Waals surface area contributed by atoms with Crippen LogP contribution in [0, 0.1) is 0 Å². The summed E-state index contributed by atoms with van der Waals surface area (Å²) in [6.45, 7) is 6.42. The lowest BCUT2D eigenvalue weighted by molar-refractivity contribution is 0.353. The fourth-order valence-corrected chi connectivity index (χ4v) is 1.46. The van der Waals surface area contributed by atoms with Gasteiger partial charge in [0, 0.05) is 13.2 Å². The van der Waals surface area contributed by atoms with Crippen molar-refractivity contribution < 1.29 is 4.74 Å². The second-order valence-corrected chi connectivity index (χ2v) is 3.43. The quantitative estimate of drug-likeness (QED) is 0.848. The molecule has 0 bridgehead atoms. The van der Waals surface area contributed by atoms with Gasteiger partial charge >= 0.3 is 0 Å². The van der Waals surface area contributed by atoms with E-state index in [0.717, 1.165) is 11.0 Å². The number of nitrogens with two attached hydrogens (primary N) is 1. The number of hydrogen-bond acceptors (Lipinski definition) is 4. The van der Waals surface area contributed by atoms with Crippen molar-refractivity contribution in [3.05, 3.63) is 24.4 Å². The van der Waals surface area contributed by atoms with Gasteiger partial charge in [-0.2, -0.15) is 9.97 Å². The van der Waals surface area contributed by atoms with E-state index in [1.165, 1.54) is 0 Å². The molecule has 0 aliphatic carbocycles. The Morgan fingerprint density at radius 3 is 2.78 bits per heavy atom. The lowest BCUT2D eigenvalue weighted by Crippen LogP contribution is -2.02. The van der Waals surface area contributed by atoms with Crippen LogP contribution < -0.4 is 10.5 Å². The van der Waals surface area contributed by atoms with E-state index in [1.807, 2.05) is 56.8 Å². The minimum absolute atomic E-state index is 0.227. The van der Waals surface area contributed by atoms with Gasteiger partial charge in [-0.3, -0.25) is 0 Å². The molecule has 5 heteroatoms. The fraction of sp³-hybridized carbons (Fsp3) is 0.385. The Hall–Kier alpha value is -2.04. The molecule has 0 aliphatic heterocycles. The molecule has 0 amide bonds. The maximum Gasteiger partial charge on any atom is 0.228 e. The Labute approximate surface area is 107 Å². The van der Waals surface area contributed by atoms with Crippen LogP contribution in [0.15, 0.2) is 24.4 Å². The summed E-state index contributed by atoms with van der Waals surface area (Å²) in [5.74, 6) is 0.756. The first-order chi connectivity index (χ1) is 8.72. The van der Waals surface area contributed by atoms with Crippen LogP contribution in [0.3, 0.4) is 0 Å². The van der Waals surface area contributed by atoms with Crippen molar-refractivity contribution >= 4 is 17.0 Å². The molecule has 0 unspecified atom stereocenters. The highest BCUT2D eigenvalue weighted by Crippen LogP contribution is 2.23. The molecule has 2 heterocycles. The number of nitrogen functional groups attached to an aromatic ring is 1. The molecule has 2 rings (SSSR count). The summed E-state index contributed by atoms with van der Waals surface area (Å²) < 4.78 is 7.41. The number of aromatic nitrogens is 3. The van der Waals surface area contributed by atoms with Gasteiger partial charge in [-0.15, -0.1) is 0 Å². The van der Waals surface area contributed by atoms with Gasteiger partial charge in [0.2, 0.25) is 11.8 Å². The van der Waals surface area contributed by atoms with Crippen molar-refractivity contribution in [2.75, 3.05) is 12.3 Å². The first-order valence-corrected chi connectivity index (χ1v) is 6.05. The molecule has 2 aromatic heterocycles. The molecule has 0 fully saturated rings. The SMILES string of the molecule is C/C=C/COc1nc(N)nc2c1ccn2C.CC. The van der Waals surface area contributed by atoms with Crippen LogP contribution in [0.1, 0.15) is 20.8 Å². The molecule has 0 saturated heterocycles. The van der Waals surface area contributed by atoms with Crippen LogP contribution >= 0.6 is 0 Å². The molecular weight excluding hydrogens is 228 g/mol. The predicted octanol–water partition coefficient (Wildman–Crippen LogP) is 2.53. The number of fused-ring (bicyclic) bond motifs is 1. The molecule has 18 heavy (non-hydrogen) atoms. The van der Waals surface area contributed by atoms with Crippen molar-refractivity contribution in [3.63, 3.8) is 0 Å². The highest BCUT2D eigenvalue weighted by atomic mass is 16.5. The molecule has 0 saturated carbocycles. The fourth-order valence-electron chi connectivity index (χ4n) is 1.46. The summed E-state index contributed by atoms with van der Waals surface area (Å²) in [6.07, 6.45) is 5.74.